The van der Waals surface area contributed by atoms with Gasteiger partial charge in [0.2, 0.25) is 5.91 Å². The monoisotopic (exact) mass is 311 g/mol. The molecule has 0 spiro atoms. The number of fused-ring (bicyclic) bond motifs is 2. The predicted molar refractivity (Wildman–Crippen MR) is 84.2 cm³/mol. The van der Waals surface area contributed by atoms with Crippen molar-refractivity contribution in [3.05, 3.63) is 48.0 Å². The largest absolute Gasteiger partial charge is 0.390 e. The van der Waals surface area contributed by atoms with Crippen LogP contribution in [0.15, 0.2) is 36.9 Å². The lowest BCUT2D eigenvalue weighted by Gasteiger charge is -2.39. The Hall–Kier alpha value is -1.65. The molecule has 2 saturated carbocycles. The van der Waals surface area contributed by atoms with Crippen molar-refractivity contribution in [2.24, 2.45) is 23.7 Å². The Morgan fingerprint density at radius 3 is 2.83 bits per heavy atom. The highest BCUT2D eigenvalue weighted by atomic mass is 16.6. The van der Waals surface area contributed by atoms with Gasteiger partial charge in [0.05, 0.1) is 18.1 Å². The fourth-order valence-electron chi connectivity index (χ4n) is 5.79. The summed E-state index contributed by atoms with van der Waals surface area (Å²) in [5, 5.41) is 10.6. The summed E-state index contributed by atoms with van der Waals surface area (Å²) < 4.78 is 6.50. The highest BCUT2D eigenvalue weighted by Crippen LogP contribution is 2.70. The summed E-state index contributed by atoms with van der Waals surface area (Å²) in [7, 11) is 0. The van der Waals surface area contributed by atoms with Crippen LogP contribution in [0.25, 0.3) is 0 Å². The van der Waals surface area contributed by atoms with E-state index < -0.39 is 11.8 Å². The zero-order chi connectivity index (χ0) is 15.9. The molecule has 1 N–H and O–H groups in total. The number of aliphatic hydroxyl groups is 1. The highest BCUT2D eigenvalue weighted by molar-refractivity contribution is 5.85. The lowest BCUT2D eigenvalue weighted by molar-refractivity contribution is -0.180. The number of aryl methyl sites for hydroxylation is 1. The zero-order valence-corrected chi connectivity index (χ0v) is 13.2. The molecule has 4 aliphatic rings. The van der Waals surface area contributed by atoms with Crippen LogP contribution in [-0.4, -0.2) is 34.7 Å². The van der Waals surface area contributed by atoms with Gasteiger partial charge in [0, 0.05) is 18.0 Å². The van der Waals surface area contributed by atoms with E-state index in [1.54, 1.807) is 6.08 Å². The van der Waals surface area contributed by atoms with Gasteiger partial charge in [-0.2, -0.15) is 0 Å². The summed E-state index contributed by atoms with van der Waals surface area (Å²) in [6.45, 7) is 6.36. The van der Waals surface area contributed by atoms with Gasteiger partial charge in [-0.3, -0.25) is 4.79 Å². The van der Waals surface area contributed by atoms with Crippen molar-refractivity contribution in [1.29, 1.82) is 0 Å². The Morgan fingerprint density at radius 2 is 2.13 bits per heavy atom. The first kappa shape index (κ1) is 13.8. The molecule has 2 heterocycles. The maximum absolute atomic E-state index is 13.1. The average Bonchev–Trinajstić information content (AvgIpc) is 3.20. The van der Waals surface area contributed by atoms with E-state index in [1.807, 2.05) is 4.90 Å². The van der Waals surface area contributed by atoms with Crippen LogP contribution in [0, 0.1) is 30.6 Å². The van der Waals surface area contributed by atoms with Crippen molar-refractivity contribution in [2.45, 2.75) is 31.3 Å². The first-order valence-electron chi connectivity index (χ1n) is 8.45. The number of nitrogens with zero attached hydrogens (tertiary/aromatic N) is 1. The number of rotatable bonds is 3. The van der Waals surface area contributed by atoms with Crippen LogP contribution in [0.4, 0.5) is 0 Å². The molecule has 5 rings (SSSR count). The number of ether oxygens (including phenoxy) is 1. The predicted octanol–water partition coefficient (Wildman–Crippen LogP) is 1.82. The Balaban J connectivity index is 1.72. The van der Waals surface area contributed by atoms with Crippen LogP contribution in [0.1, 0.15) is 17.5 Å². The molecular weight excluding hydrogens is 290 g/mol. The topological polar surface area (TPSA) is 49.8 Å². The van der Waals surface area contributed by atoms with Crippen LogP contribution in [0.2, 0.25) is 0 Å². The van der Waals surface area contributed by atoms with Crippen molar-refractivity contribution in [3.63, 3.8) is 0 Å². The van der Waals surface area contributed by atoms with E-state index in [-0.39, 0.29) is 29.8 Å². The van der Waals surface area contributed by atoms with E-state index in [9.17, 15) is 9.90 Å². The fraction of sp³-hybridized carbons (Fsp3) is 0.526. The molecule has 2 aliphatic heterocycles. The standard InChI is InChI=1S/C19H21NO3/c1-3-8-20-18(22)14-12-9-13-15(14)19(20,23-17(13)16(12)21)11-6-4-10(2)5-7-11/h3-7,12-17,21H,1,8-9H2,2H3. The van der Waals surface area contributed by atoms with Gasteiger partial charge in [0.1, 0.15) is 0 Å². The second kappa shape index (κ2) is 4.25. The molecule has 7 atom stereocenters. The molecule has 7 unspecified atom stereocenters. The van der Waals surface area contributed by atoms with Crippen molar-refractivity contribution in [3.8, 4) is 0 Å². The van der Waals surface area contributed by atoms with Gasteiger partial charge in [-0.25, -0.2) is 0 Å². The van der Waals surface area contributed by atoms with E-state index in [2.05, 4.69) is 37.8 Å². The Bertz CT molecular complexity index is 699. The molecule has 23 heavy (non-hydrogen) atoms. The Kier molecular flexibility index (Phi) is 2.54. The molecular formula is C19H21NO3. The van der Waals surface area contributed by atoms with Crippen molar-refractivity contribution < 1.29 is 14.6 Å². The molecule has 4 fully saturated rings. The summed E-state index contributed by atoms with van der Waals surface area (Å²) in [6, 6.07) is 8.29. The molecule has 0 radical (unpaired) electrons. The summed E-state index contributed by atoms with van der Waals surface area (Å²) in [4.78, 5) is 14.9. The smallest absolute Gasteiger partial charge is 0.229 e. The number of benzene rings is 1. The minimum absolute atomic E-state index is 0.0599. The lowest BCUT2D eigenvalue weighted by Crippen LogP contribution is -2.48. The molecule has 1 amide bonds. The van der Waals surface area contributed by atoms with Crippen LogP contribution < -0.4 is 0 Å². The van der Waals surface area contributed by atoms with Gasteiger partial charge in [0.15, 0.2) is 5.72 Å². The molecule has 1 aromatic carbocycles. The summed E-state index contributed by atoms with van der Waals surface area (Å²) in [6.07, 6.45) is 2.06. The van der Waals surface area contributed by atoms with Gasteiger partial charge >= 0.3 is 0 Å². The minimum atomic E-state index is -0.717. The first-order valence-corrected chi connectivity index (χ1v) is 8.45. The molecule has 120 valence electrons. The van der Waals surface area contributed by atoms with E-state index >= 15 is 0 Å². The number of carbonyl (C=O) groups excluding carboxylic acids is 1. The van der Waals surface area contributed by atoms with Crippen LogP contribution in [0.5, 0.6) is 0 Å². The number of aliphatic hydroxyl groups excluding tert-OH is 1. The highest BCUT2D eigenvalue weighted by Gasteiger charge is 2.78. The van der Waals surface area contributed by atoms with Gasteiger partial charge in [-0.1, -0.05) is 35.9 Å². The van der Waals surface area contributed by atoms with E-state index in [0.717, 1.165) is 12.0 Å². The van der Waals surface area contributed by atoms with Crippen molar-refractivity contribution in [1.82, 2.24) is 4.90 Å². The van der Waals surface area contributed by atoms with E-state index in [1.165, 1.54) is 5.56 Å². The normalized spacial score (nSPS) is 46.0. The van der Waals surface area contributed by atoms with E-state index in [0.29, 0.717) is 12.5 Å². The number of likely N-dealkylation sites (tertiary alicyclic amines) is 1. The van der Waals surface area contributed by atoms with Crippen molar-refractivity contribution >= 4 is 5.91 Å². The Morgan fingerprint density at radius 1 is 1.39 bits per heavy atom. The summed E-state index contributed by atoms with van der Waals surface area (Å²) in [5.74, 6) is 0.538. The third-order valence-corrected chi connectivity index (χ3v) is 6.55. The number of amides is 1. The minimum Gasteiger partial charge on any atom is -0.390 e. The molecule has 2 bridgehead atoms. The first-order chi connectivity index (χ1) is 11.1. The third-order valence-electron chi connectivity index (χ3n) is 6.55. The second-order valence-electron chi connectivity index (χ2n) is 7.49. The fourth-order valence-corrected chi connectivity index (χ4v) is 5.79. The molecule has 1 aromatic rings. The maximum Gasteiger partial charge on any atom is 0.229 e. The number of hydrogen-bond donors (Lipinski definition) is 1. The van der Waals surface area contributed by atoms with Gasteiger partial charge in [-0.15, -0.1) is 6.58 Å². The van der Waals surface area contributed by atoms with Gasteiger partial charge < -0.3 is 14.7 Å². The van der Waals surface area contributed by atoms with E-state index in [4.69, 9.17) is 4.74 Å². The van der Waals surface area contributed by atoms with Gasteiger partial charge in [0.25, 0.3) is 0 Å². The lowest BCUT2D eigenvalue weighted by atomic mass is 9.75. The second-order valence-corrected chi connectivity index (χ2v) is 7.49. The quantitative estimate of drug-likeness (QED) is 0.866. The van der Waals surface area contributed by atoms with Crippen LogP contribution in [0.3, 0.4) is 0 Å². The number of carbonyl (C=O) groups is 1. The molecule has 4 heteroatoms. The van der Waals surface area contributed by atoms with Crippen LogP contribution >= 0.6 is 0 Å². The molecule has 2 aliphatic carbocycles. The average molecular weight is 311 g/mol. The third kappa shape index (κ3) is 1.38. The molecule has 0 aromatic heterocycles. The van der Waals surface area contributed by atoms with Crippen molar-refractivity contribution in [2.75, 3.05) is 6.54 Å². The maximum atomic E-state index is 13.1. The number of hydrogen-bond acceptors (Lipinski definition) is 3. The zero-order valence-electron chi connectivity index (χ0n) is 13.2. The molecule has 4 nitrogen and oxygen atoms in total. The van der Waals surface area contributed by atoms with Gasteiger partial charge in [-0.05, 0) is 25.2 Å². The SMILES string of the molecule is C=CCN1C(=O)C2C3CC4C(OC1(c1ccc(C)cc1)C42)C3O. The summed E-state index contributed by atoms with van der Waals surface area (Å²) in [5.41, 5.74) is 1.50. The Labute approximate surface area is 135 Å². The summed E-state index contributed by atoms with van der Waals surface area (Å²) >= 11 is 0. The molecule has 2 saturated heterocycles. The van der Waals surface area contributed by atoms with Crippen LogP contribution in [-0.2, 0) is 15.3 Å².